The molecular formula is C25H22ClF5N6O. The first-order valence-electron chi connectivity index (χ1n) is 11.8. The average molecular weight is 553 g/mol. The van der Waals surface area contributed by atoms with Crippen LogP contribution in [-0.2, 0) is 19.1 Å². The first kappa shape index (κ1) is 26.1. The molecule has 0 unspecified atom stereocenters. The molecule has 0 saturated carbocycles. The number of fused-ring (bicyclic) bond motifs is 1. The lowest BCUT2D eigenvalue weighted by atomic mass is 9.94. The van der Waals surface area contributed by atoms with E-state index in [9.17, 15) is 26.7 Å². The number of amides is 2. The van der Waals surface area contributed by atoms with Crippen molar-refractivity contribution in [1.82, 2.24) is 25.5 Å². The molecule has 0 radical (unpaired) electrons. The third kappa shape index (κ3) is 5.51. The van der Waals surface area contributed by atoms with Gasteiger partial charge in [0.25, 0.3) is 0 Å². The smallest absolute Gasteiger partial charge is 0.333 e. The number of nitrogens with one attached hydrogen (secondary N) is 3. The number of carbonyl (C=O) groups is 1. The number of carbonyl (C=O) groups excluding carboxylic acids is 1. The maximum absolute atomic E-state index is 14.0. The monoisotopic (exact) mass is 552 g/mol. The summed E-state index contributed by atoms with van der Waals surface area (Å²) in [5, 5.41) is 8.74. The van der Waals surface area contributed by atoms with E-state index in [2.05, 4.69) is 25.9 Å². The highest BCUT2D eigenvalue weighted by Crippen LogP contribution is 2.36. The van der Waals surface area contributed by atoms with Gasteiger partial charge in [0.1, 0.15) is 11.6 Å². The van der Waals surface area contributed by atoms with Crippen molar-refractivity contribution in [2.75, 3.05) is 25.0 Å². The predicted octanol–water partition coefficient (Wildman–Crippen LogP) is 4.99. The van der Waals surface area contributed by atoms with Gasteiger partial charge in [-0.1, -0.05) is 17.7 Å². The maximum atomic E-state index is 14.0. The van der Waals surface area contributed by atoms with Gasteiger partial charge in [-0.15, -0.1) is 0 Å². The molecule has 1 aromatic heterocycles. The second kappa shape index (κ2) is 10.3. The number of rotatable bonds is 4. The Morgan fingerprint density at radius 1 is 1.13 bits per heavy atom. The van der Waals surface area contributed by atoms with E-state index in [0.29, 0.717) is 43.4 Å². The van der Waals surface area contributed by atoms with Crippen LogP contribution < -0.4 is 16.0 Å². The van der Waals surface area contributed by atoms with Crippen molar-refractivity contribution in [2.45, 2.75) is 31.1 Å². The summed E-state index contributed by atoms with van der Waals surface area (Å²) in [4.78, 5) is 23.1. The molecule has 0 aliphatic carbocycles. The number of hydrogen-bond acceptors (Lipinski definition) is 5. The Bertz CT molecular complexity index is 1370. The number of benzene rings is 2. The molecule has 3 N–H and O–H groups in total. The Hall–Kier alpha value is -3.51. The summed E-state index contributed by atoms with van der Waals surface area (Å²) in [6.45, 7) is 1.57. The van der Waals surface area contributed by atoms with Crippen LogP contribution in [0.3, 0.4) is 0 Å². The van der Waals surface area contributed by atoms with E-state index in [4.69, 9.17) is 11.6 Å². The highest BCUT2D eigenvalue weighted by atomic mass is 35.5. The van der Waals surface area contributed by atoms with Crippen molar-refractivity contribution >= 4 is 29.3 Å². The zero-order valence-electron chi connectivity index (χ0n) is 19.7. The van der Waals surface area contributed by atoms with Gasteiger partial charge in [0, 0.05) is 31.7 Å². The van der Waals surface area contributed by atoms with Crippen molar-refractivity contribution in [3.63, 3.8) is 0 Å². The normalized spacial score (nSPS) is 19.3. The Morgan fingerprint density at radius 2 is 1.95 bits per heavy atom. The van der Waals surface area contributed by atoms with E-state index in [0.717, 1.165) is 17.7 Å². The quantitative estimate of drug-likeness (QED) is 0.397. The van der Waals surface area contributed by atoms with Gasteiger partial charge in [-0.2, -0.15) is 13.2 Å². The molecule has 7 nitrogen and oxygen atoms in total. The molecule has 2 aliphatic heterocycles. The number of nitrogens with zero attached hydrogens (tertiary/aromatic N) is 3. The molecule has 38 heavy (non-hydrogen) atoms. The maximum Gasteiger partial charge on any atom is 0.418 e. The summed E-state index contributed by atoms with van der Waals surface area (Å²) in [6.07, 6.45) is -2.82. The number of aromatic nitrogens is 2. The summed E-state index contributed by atoms with van der Waals surface area (Å²) in [7, 11) is 0. The summed E-state index contributed by atoms with van der Waals surface area (Å²) >= 11 is 5.79. The second-order valence-electron chi connectivity index (χ2n) is 9.14. The molecule has 0 spiro atoms. The van der Waals surface area contributed by atoms with Gasteiger partial charge < -0.3 is 20.9 Å². The Morgan fingerprint density at radius 3 is 2.71 bits per heavy atom. The summed E-state index contributed by atoms with van der Waals surface area (Å²) in [6, 6.07) is 6.24. The van der Waals surface area contributed by atoms with E-state index < -0.39 is 23.4 Å². The summed E-state index contributed by atoms with van der Waals surface area (Å²) in [5.41, 5.74) is 0.406. The van der Waals surface area contributed by atoms with Crippen LogP contribution in [0.15, 0.2) is 42.6 Å². The van der Waals surface area contributed by atoms with Crippen molar-refractivity contribution in [2.24, 2.45) is 0 Å². The Balaban J connectivity index is 1.28. The lowest BCUT2D eigenvalue weighted by Crippen LogP contribution is -2.48. The van der Waals surface area contributed by atoms with E-state index in [-0.39, 0.29) is 41.2 Å². The molecule has 2 atom stereocenters. The first-order valence-corrected chi connectivity index (χ1v) is 12.2. The fourth-order valence-electron chi connectivity index (χ4n) is 4.69. The molecule has 200 valence electrons. The third-order valence-corrected chi connectivity index (χ3v) is 6.97. The van der Waals surface area contributed by atoms with Crippen LogP contribution in [0.2, 0.25) is 5.02 Å². The topological polar surface area (TPSA) is 82.2 Å². The summed E-state index contributed by atoms with van der Waals surface area (Å²) in [5.74, 6) is -1.80. The standard InChI is InChI=1S/C25H22ClF5N6O/c26-18-3-1-13(7-19(18)28)16-10-32-11-21(16)36-24(38)37-6-5-14-9-33-23(35-22(14)12-37)34-20-4-2-15(27)8-17(20)25(29,30)31/h1-4,7-9,16,21,32H,5-6,10-12H2,(H,36,38)(H,33,34,35)/t16-,21+/m0/s1. The molecule has 13 heteroatoms. The van der Waals surface area contributed by atoms with Crippen LogP contribution >= 0.6 is 11.6 Å². The zero-order valence-corrected chi connectivity index (χ0v) is 20.5. The van der Waals surface area contributed by atoms with Gasteiger partial charge in [-0.25, -0.2) is 23.5 Å². The summed E-state index contributed by atoms with van der Waals surface area (Å²) < 4.78 is 67.5. The first-order chi connectivity index (χ1) is 18.1. The SMILES string of the molecule is O=C(N[C@@H]1CNC[C@H]1c1ccc(Cl)c(F)c1)N1CCc2cnc(Nc3ccc(F)cc3C(F)(F)F)nc2C1. The average Bonchev–Trinajstić information content (AvgIpc) is 3.33. The number of alkyl halides is 3. The molecule has 2 aromatic carbocycles. The van der Waals surface area contributed by atoms with Gasteiger partial charge in [-0.05, 0) is 47.9 Å². The zero-order chi connectivity index (χ0) is 27.0. The van der Waals surface area contributed by atoms with E-state index in [1.807, 2.05) is 0 Å². The minimum Gasteiger partial charge on any atom is -0.333 e. The number of urea groups is 1. The number of halogens is 6. The molecule has 1 saturated heterocycles. The molecule has 2 amide bonds. The van der Waals surface area contributed by atoms with Gasteiger partial charge in [0.05, 0.1) is 34.6 Å². The van der Waals surface area contributed by atoms with Crippen LogP contribution in [-0.4, -0.2) is 46.6 Å². The van der Waals surface area contributed by atoms with E-state index in [1.165, 1.54) is 18.3 Å². The van der Waals surface area contributed by atoms with E-state index >= 15 is 0 Å². The van der Waals surface area contributed by atoms with Gasteiger partial charge in [-0.3, -0.25) is 0 Å². The fourth-order valence-corrected chi connectivity index (χ4v) is 4.81. The molecule has 1 fully saturated rings. The lowest BCUT2D eigenvalue weighted by Gasteiger charge is -2.30. The second-order valence-corrected chi connectivity index (χ2v) is 9.55. The van der Waals surface area contributed by atoms with Crippen LogP contribution in [0, 0.1) is 11.6 Å². The lowest BCUT2D eigenvalue weighted by molar-refractivity contribution is -0.137. The van der Waals surface area contributed by atoms with Crippen LogP contribution in [0.5, 0.6) is 0 Å². The highest BCUT2D eigenvalue weighted by molar-refractivity contribution is 6.30. The minimum atomic E-state index is -4.78. The molecule has 2 aliphatic rings. The molecule has 3 aromatic rings. The van der Waals surface area contributed by atoms with Crippen LogP contribution in [0.1, 0.15) is 28.3 Å². The van der Waals surface area contributed by atoms with Gasteiger partial charge >= 0.3 is 12.2 Å². The molecule has 0 bridgehead atoms. The Labute approximate surface area is 219 Å². The Kier molecular flexibility index (Phi) is 7.10. The van der Waals surface area contributed by atoms with Gasteiger partial charge in [0.2, 0.25) is 5.95 Å². The van der Waals surface area contributed by atoms with Crippen molar-refractivity contribution < 1.29 is 26.7 Å². The minimum absolute atomic E-state index is 0.0252. The van der Waals surface area contributed by atoms with E-state index in [1.54, 1.807) is 11.0 Å². The molecule has 5 rings (SSSR count). The molecular weight excluding hydrogens is 531 g/mol. The number of hydrogen-bond donors (Lipinski definition) is 3. The number of anilines is 2. The predicted molar refractivity (Wildman–Crippen MR) is 130 cm³/mol. The van der Waals surface area contributed by atoms with Crippen molar-refractivity contribution in [3.8, 4) is 0 Å². The molecule has 3 heterocycles. The largest absolute Gasteiger partial charge is 0.418 e. The fraction of sp³-hybridized carbons (Fsp3) is 0.320. The van der Waals surface area contributed by atoms with Crippen LogP contribution in [0.4, 0.5) is 38.4 Å². The van der Waals surface area contributed by atoms with Crippen molar-refractivity contribution in [3.05, 3.63) is 81.6 Å². The highest BCUT2D eigenvalue weighted by Gasteiger charge is 2.35. The van der Waals surface area contributed by atoms with Gasteiger partial charge in [0.15, 0.2) is 0 Å². The van der Waals surface area contributed by atoms with Crippen molar-refractivity contribution in [1.29, 1.82) is 0 Å². The third-order valence-electron chi connectivity index (χ3n) is 6.66. The van der Waals surface area contributed by atoms with Crippen LogP contribution in [0.25, 0.3) is 0 Å².